The molecule has 35 heavy (non-hydrogen) atoms. The number of hydrogen-bond acceptors (Lipinski definition) is 7. The minimum Gasteiger partial charge on any atom is -0.507 e. The SMILES string of the molecule is COc1ccc([C@@H]2/C(=C(\O)c3ccccc3)C(=O)C(=O)N2c2nc3ccc(C)cc3s2)cc1OC. The molecule has 4 aromatic rings. The van der Waals surface area contributed by atoms with Gasteiger partial charge in [0.05, 0.1) is 36.1 Å². The molecule has 1 amide bonds. The van der Waals surface area contributed by atoms with Crippen LogP contribution in [0.1, 0.15) is 22.7 Å². The number of amides is 1. The van der Waals surface area contributed by atoms with Crippen LogP contribution in [-0.2, 0) is 9.59 Å². The van der Waals surface area contributed by atoms with E-state index >= 15 is 0 Å². The minimum atomic E-state index is -0.906. The lowest BCUT2D eigenvalue weighted by atomic mass is 9.95. The van der Waals surface area contributed by atoms with Gasteiger partial charge in [0.15, 0.2) is 16.6 Å². The molecule has 7 nitrogen and oxygen atoms in total. The highest BCUT2D eigenvalue weighted by Gasteiger charge is 2.48. The average molecular weight is 487 g/mol. The van der Waals surface area contributed by atoms with Gasteiger partial charge in [-0.1, -0.05) is 53.8 Å². The third-order valence-corrected chi connectivity index (χ3v) is 6.97. The largest absolute Gasteiger partial charge is 0.507 e. The second kappa shape index (κ2) is 8.88. The van der Waals surface area contributed by atoms with Crippen molar-refractivity contribution in [1.29, 1.82) is 0 Å². The fourth-order valence-corrected chi connectivity index (χ4v) is 5.33. The normalized spacial score (nSPS) is 17.2. The Bertz CT molecular complexity index is 1490. The van der Waals surface area contributed by atoms with Crippen LogP contribution in [0.5, 0.6) is 11.5 Å². The quantitative estimate of drug-likeness (QED) is 0.236. The number of anilines is 1. The molecule has 0 aliphatic carbocycles. The Labute approximate surface area is 205 Å². The standard InChI is InChI=1S/C27H22N2O5S/c1-15-9-11-18-21(13-15)35-27(28-18)29-23(17-10-12-19(33-2)20(14-17)34-3)22(25(31)26(29)32)24(30)16-7-5-4-6-8-16/h4-14,23,30H,1-3H3/b24-22+/t23-/m1/s1. The maximum atomic E-state index is 13.4. The fourth-order valence-electron chi connectivity index (χ4n) is 4.24. The van der Waals surface area contributed by atoms with Gasteiger partial charge in [-0.15, -0.1) is 0 Å². The summed E-state index contributed by atoms with van der Waals surface area (Å²) in [5.41, 5.74) is 2.80. The summed E-state index contributed by atoms with van der Waals surface area (Å²) in [4.78, 5) is 32.8. The first-order chi connectivity index (χ1) is 16.9. The Morgan fingerprint density at radius 2 is 1.71 bits per heavy atom. The van der Waals surface area contributed by atoms with Gasteiger partial charge < -0.3 is 14.6 Å². The molecule has 1 N–H and O–H groups in total. The maximum absolute atomic E-state index is 13.4. The van der Waals surface area contributed by atoms with Crippen LogP contribution in [0.25, 0.3) is 16.0 Å². The van der Waals surface area contributed by atoms with E-state index in [9.17, 15) is 14.7 Å². The van der Waals surface area contributed by atoms with E-state index in [-0.39, 0.29) is 11.3 Å². The molecule has 0 unspecified atom stereocenters. The fraction of sp³-hybridized carbons (Fsp3) is 0.148. The van der Waals surface area contributed by atoms with Gasteiger partial charge in [-0.3, -0.25) is 14.5 Å². The van der Waals surface area contributed by atoms with Crippen LogP contribution in [0.3, 0.4) is 0 Å². The summed E-state index contributed by atoms with van der Waals surface area (Å²) in [6.45, 7) is 1.98. The molecule has 8 heteroatoms. The van der Waals surface area contributed by atoms with Crippen LogP contribution in [0.4, 0.5) is 5.13 Å². The van der Waals surface area contributed by atoms with E-state index in [4.69, 9.17) is 9.47 Å². The van der Waals surface area contributed by atoms with Crippen molar-refractivity contribution in [3.8, 4) is 11.5 Å². The van der Waals surface area contributed by atoms with Crippen molar-refractivity contribution in [2.45, 2.75) is 13.0 Å². The van der Waals surface area contributed by atoms with E-state index in [2.05, 4.69) is 4.98 Å². The molecule has 2 heterocycles. The lowest BCUT2D eigenvalue weighted by Gasteiger charge is -2.23. The summed E-state index contributed by atoms with van der Waals surface area (Å²) in [7, 11) is 3.04. The van der Waals surface area contributed by atoms with Crippen molar-refractivity contribution in [3.05, 3.63) is 89.0 Å². The number of nitrogens with zero attached hydrogens (tertiary/aromatic N) is 2. The molecule has 5 rings (SSSR count). The predicted octanol–water partition coefficient (Wildman–Crippen LogP) is 5.25. The molecule has 176 valence electrons. The molecular formula is C27H22N2O5S. The zero-order valence-corrected chi connectivity index (χ0v) is 20.1. The molecule has 1 aliphatic heterocycles. The topological polar surface area (TPSA) is 89.0 Å². The van der Waals surface area contributed by atoms with Crippen molar-refractivity contribution in [2.24, 2.45) is 0 Å². The third-order valence-electron chi connectivity index (χ3n) is 5.95. The number of Topliss-reactive ketones (excluding diaryl/α,β-unsaturated/α-hetero) is 1. The lowest BCUT2D eigenvalue weighted by molar-refractivity contribution is -0.132. The molecule has 0 saturated carbocycles. The molecule has 3 aromatic carbocycles. The molecule has 0 bridgehead atoms. The Kier molecular flexibility index (Phi) is 5.74. The summed E-state index contributed by atoms with van der Waals surface area (Å²) in [5.74, 6) is -0.829. The van der Waals surface area contributed by atoms with Gasteiger partial charge in [0.2, 0.25) is 0 Å². The average Bonchev–Trinajstić information content (AvgIpc) is 3.41. The predicted molar refractivity (Wildman–Crippen MR) is 135 cm³/mol. The van der Waals surface area contributed by atoms with Crippen LogP contribution >= 0.6 is 11.3 Å². The highest BCUT2D eigenvalue weighted by Crippen LogP contribution is 2.45. The number of benzene rings is 3. The molecule has 1 aliphatic rings. The first-order valence-electron chi connectivity index (χ1n) is 10.9. The molecule has 0 radical (unpaired) electrons. The van der Waals surface area contributed by atoms with Crippen molar-refractivity contribution >= 4 is 44.1 Å². The van der Waals surface area contributed by atoms with Gasteiger partial charge in [0.1, 0.15) is 5.76 Å². The molecule has 1 atom stereocenters. The van der Waals surface area contributed by atoms with Crippen LogP contribution in [0.2, 0.25) is 0 Å². The summed E-state index contributed by atoms with van der Waals surface area (Å²) in [6.07, 6.45) is 0. The van der Waals surface area contributed by atoms with E-state index in [0.717, 1.165) is 15.8 Å². The van der Waals surface area contributed by atoms with Crippen LogP contribution in [0.15, 0.2) is 72.3 Å². The van der Waals surface area contributed by atoms with Gasteiger partial charge in [-0.25, -0.2) is 4.98 Å². The maximum Gasteiger partial charge on any atom is 0.301 e. The van der Waals surface area contributed by atoms with Gasteiger partial charge in [0.25, 0.3) is 5.78 Å². The van der Waals surface area contributed by atoms with Crippen molar-refractivity contribution in [2.75, 3.05) is 19.1 Å². The molecule has 1 aromatic heterocycles. The van der Waals surface area contributed by atoms with Gasteiger partial charge in [-0.2, -0.15) is 0 Å². The van der Waals surface area contributed by atoms with E-state index in [1.165, 1.54) is 30.5 Å². The lowest BCUT2D eigenvalue weighted by Crippen LogP contribution is -2.29. The van der Waals surface area contributed by atoms with Crippen molar-refractivity contribution in [3.63, 3.8) is 0 Å². The van der Waals surface area contributed by atoms with E-state index in [1.54, 1.807) is 42.5 Å². The van der Waals surface area contributed by atoms with Gasteiger partial charge >= 0.3 is 5.91 Å². The number of rotatable bonds is 5. The third kappa shape index (κ3) is 3.81. The number of methoxy groups -OCH3 is 2. The summed E-state index contributed by atoms with van der Waals surface area (Å²) in [6, 6.07) is 18.8. The monoisotopic (exact) mass is 486 g/mol. The number of fused-ring (bicyclic) bond motifs is 1. The number of aliphatic hydroxyl groups is 1. The number of aliphatic hydroxyl groups excluding tert-OH is 1. The number of carbonyl (C=O) groups is 2. The summed E-state index contributed by atoms with van der Waals surface area (Å²) in [5, 5.41) is 11.6. The number of thiazole rings is 1. The number of hydrogen-bond donors (Lipinski definition) is 1. The molecular weight excluding hydrogens is 464 g/mol. The Balaban J connectivity index is 1.75. The summed E-state index contributed by atoms with van der Waals surface area (Å²) < 4.78 is 11.7. The minimum absolute atomic E-state index is 0.0103. The number of carbonyl (C=O) groups excluding carboxylic acids is 2. The second-order valence-corrected chi connectivity index (χ2v) is 9.13. The number of aromatic nitrogens is 1. The number of ether oxygens (including phenoxy) is 2. The molecule has 1 saturated heterocycles. The van der Waals surface area contributed by atoms with E-state index < -0.39 is 17.7 Å². The van der Waals surface area contributed by atoms with Crippen LogP contribution in [-0.4, -0.2) is 36.0 Å². The van der Waals surface area contributed by atoms with Crippen LogP contribution < -0.4 is 14.4 Å². The molecule has 1 fully saturated rings. The van der Waals surface area contributed by atoms with Crippen LogP contribution in [0, 0.1) is 6.92 Å². The highest BCUT2D eigenvalue weighted by atomic mass is 32.1. The van der Waals surface area contributed by atoms with Crippen molar-refractivity contribution in [1.82, 2.24) is 4.98 Å². The van der Waals surface area contributed by atoms with E-state index in [1.807, 2.05) is 31.2 Å². The Hall–Kier alpha value is -4.17. The Morgan fingerprint density at radius 3 is 2.43 bits per heavy atom. The number of ketones is 1. The first-order valence-corrected chi connectivity index (χ1v) is 11.7. The Morgan fingerprint density at radius 1 is 0.971 bits per heavy atom. The van der Waals surface area contributed by atoms with E-state index in [0.29, 0.717) is 27.8 Å². The second-order valence-electron chi connectivity index (χ2n) is 8.12. The van der Waals surface area contributed by atoms with Gasteiger partial charge in [0, 0.05) is 5.56 Å². The number of aryl methyl sites for hydroxylation is 1. The highest BCUT2D eigenvalue weighted by molar-refractivity contribution is 7.22. The first kappa shape index (κ1) is 22.6. The molecule has 0 spiro atoms. The van der Waals surface area contributed by atoms with Gasteiger partial charge in [-0.05, 0) is 42.3 Å². The smallest absolute Gasteiger partial charge is 0.301 e. The zero-order chi connectivity index (χ0) is 24.7. The van der Waals surface area contributed by atoms with Crippen molar-refractivity contribution < 1.29 is 24.2 Å². The summed E-state index contributed by atoms with van der Waals surface area (Å²) >= 11 is 1.32. The zero-order valence-electron chi connectivity index (χ0n) is 19.3.